The molecule has 0 radical (unpaired) electrons. The van der Waals surface area contributed by atoms with Gasteiger partial charge in [0, 0.05) is 12.6 Å². The molecule has 1 aliphatic heterocycles. The third kappa shape index (κ3) is 3.31. The molecule has 20 heavy (non-hydrogen) atoms. The van der Waals surface area contributed by atoms with Crippen molar-refractivity contribution in [2.45, 2.75) is 31.8 Å². The van der Waals surface area contributed by atoms with E-state index >= 15 is 0 Å². The largest absolute Gasteiger partial charge is 0.416 e. The van der Waals surface area contributed by atoms with Gasteiger partial charge in [-0.2, -0.15) is 13.2 Å². The zero-order valence-electron chi connectivity index (χ0n) is 11.2. The Morgan fingerprint density at radius 2 is 2.20 bits per heavy atom. The van der Waals surface area contributed by atoms with E-state index in [1.807, 2.05) is 6.92 Å². The second kappa shape index (κ2) is 6.11. The van der Waals surface area contributed by atoms with Crippen molar-refractivity contribution < 1.29 is 23.0 Å². The van der Waals surface area contributed by atoms with E-state index in [0.717, 1.165) is 18.6 Å². The van der Waals surface area contributed by atoms with Gasteiger partial charge in [-0.05, 0) is 30.7 Å². The SMILES string of the molecule is CCN(C1CCOC1)C(O)c1cccc(C(F)(F)F)c1. The van der Waals surface area contributed by atoms with Gasteiger partial charge in [-0.1, -0.05) is 19.1 Å². The van der Waals surface area contributed by atoms with Gasteiger partial charge in [-0.25, -0.2) is 0 Å². The number of likely N-dealkylation sites (N-methyl/N-ethyl adjacent to an activating group) is 1. The van der Waals surface area contributed by atoms with E-state index in [1.165, 1.54) is 12.1 Å². The molecule has 1 saturated heterocycles. The molecule has 0 bridgehead atoms. The Labute approximate surface area is 116 Å². The first-order valence-electron chi connectivity index (χ1n) is 6.62. The molecule has 1 heterocycles. The quantitative estimate of drug-likeness (QED) is 0.865. The number of halogens is 3. The summed E-state index contributed by atoms with van der Waals surface area (Å²) in [6, 6.07) is 4.89. The van der Waals surface area contributed by atoms with Crippen molar-refractivity contribution in [3.8, 4) is 0 Å². The number of hydrogen-bond donors (Lipinski definition) is 1. The van der Waals surface area contributed by atoms with E-state index in [0.29, 0.717) is 19.8 Å². The van der Waals surface area contributed by atoms with E-state index < -0.39 is 18.0 Å². The fourth-order valence-electron chi connectivity index (χ4n) is 2.48. The monoisotopic (exact) mass is 289 g/mol. The van der Waals surface area contributed by atoms with Crippen LogP contribution in [0.5, 0.6) is 0 Å². The molecule has 1 aromatic rings. The summed E-state index contributed by atoms with van der Waals surface area (Å²) < 4.78 is 43.4. The predicted octanol–water partition coefficient (Wildman–Crippen LogP) is 2.81. The van der Waals surface area contributed by atoms with Crippen LogP contribution < -0.4 is 0 Å². The van der Waals surface area contributed by atoms with Gasteiger partial charge in [0.05, 0.1) is 12.2 Å². The molecule has 0 amide bonds. The maximum absolute atomic E-state index is 12.7. The molecule has 1 N–H and O–H groups in total. The third-order valence-corrected chi connectivity index (χ3v) is 3.57. The maximum atomic E-state index is 12.7. The van der Waals surface area contributed by atoms with Gasteiger partial charge in [0.2, 0.25) is 0 Å². The Balaban J connectivity index is 2.20. The lowest BCUT2D eigenvalue weighted by atomic mass is 10.1. The van der Waals surface area contributed by atoms with Crippen LogP contribution in [0, 0.1) is 0 Å². The molecule has 0 saturated carbocycles. The van der Waals surface area contributed by atoms with Gasteiger partial charge >= 0.3 is 6.18 Å². The number of alkyl halides is 3. The van der Waals surface area contributed by atoms with Crippen molar-refractivity contribution in [2.24, 2.45) is 0 Å². The van der Waals surface area contributed by atoms with E-state index in [1.54, 1.807) is 4.90 Å². The Bertz CT molecular complexity index is 444. The lowest BCUT2D eigenvalue weighted by Crippen LogP contribution is -2.38. The normalized spacial score (nSPS) is 21.4. The van der Waals surface area contributed by atoms with E-state index in [9.17, 15) is 18.3 Å². The summed E-state index contributed by atoms with van der Waals surface area (Å²) >= 11 is 0. The van der Waals surface area contributed by atoms with Crippen LogP contribution in [0.15, 0.2) is 24.3 Å². The summed E-state index contributed by atoms with van der Waals surface area (Å²) in [5, 5.41) is 10.3. The second-order valence-electron chi connectivity index (χ2n) is 4.84. The van der Waals surface area contributed by atoms with Crippen molar-refractivity contribution in [1.29, 1.82) is 0 Å². The number of aliphatic hydroxyl groups excluding tert-OH is 1. The smallest absolute Gasteiger partial charge is 0.380 e. The lowest BCUT2D eigenvalue weighted by Gasteiger charge is -2.31. The average molecular weight is 289 g/mol. The average Bonchev–Trinajstić information content (AvgIpc) is 2.92. The van der Waals surface area contributed by atoms with Crippen LogP contribution in [0.3, 0.4) is 0 Å². The Morgan fingerprint density at radius 3 is 2.75 bits per heavy atom. The molecule has 6 heteroatoms. The first-order chi connectivity index (χ1) is 9.43. The number of nitrogens with zero attached hydrogens (tertiary/aromatic N) is 1. The highest BCUT2D eigenvalue weighted by atomic mass is 19.4. The molecular formula is C14H18F3NO2. The highest BCUT2D eigenvalue weighted by molar-refractivity contribution is 5.27. The lowest BCUT2D eigenvalue weighted by molar-refractivity contribution is -0.137. The van der Waals surface area contributed by atoms with Crippen LogP contribution in [0.4, 0.5) is 13.2 Å². The third-order valence-electron chi connectivity index (χ3n) is 3.57. The van der Waals surface area contributed by atoms with Crippen molar-refractivity contribution in [1.82, 2.24) is 4.90 Å². The van der Waals surface area contributed by atoms with E-state index in [4.69, 9.17) is 4.74 Å². The van der Waals surface area contributed by atoms with Gasteiger partial charge in [0.15, 0.2) is 0 Å². The fourth-order valence-corrected chi connectivity index (χ4v) is 2.48. The van der Waals surface area contributed by atoms with Crippen molar-refractivity contribution in [3.63, 3.8) is 0 Å². The first kappa shape index (κ1) is 15.3. The van der Waals surface area contributed by atoms with Crippen molar-refractivity contribution in [2.75, 3.05) is 19.8 Å². The molecule has 0 spiro atoms. The summed E-state index contributed by atoms with van der Waals surface area (Å²) in [6.07, 6.45) is -4.67. The standard InChI is InChI=1S/C14H18F3NO2/c1-2-18(12-6-7-20-9-12)13(19)10-4-3-5-11(8-10)14(15,16)17/h3-5,8,12-13,19H,2,6-7,9H2,1H3. The molecule has 112 valence electrons. The molecule has 1 aliphatic rings. The molecule has 2 unspecified atom stereocenters. The summed E-state index contributed by atoms with van der Waals surface area (Å²) in [7, 11) is 0. The highest BCUT2D eigenvalue weighted by Crippen LogP contribution is 2.32. The van der Waals surface area contributed by atoms with Gasteiger partial charge in [0.1, 0.15) is 6.23 Å². The van der Waals surface area contributed by atoms with Gasteiger partial charge < -0.3 is 9.84 Å². The van der Waals surface area contributed by atoms with Crippen molar-refractivity contribution in [3.05, 3.63) is 35.4 Å². The summed E-state index contributed by atoms with van der Waals surface area (Å²) in [5.41, 5.74) is -0.485. The molecular weight excluding hydrogens is 271 g/mol. The summed E-state index contributed by atoms with van der Waals surface area (Å²) in [4.78, 5) is 1.77. The van der Waals surface area contributed by atoms with Crippen LogP contribution in [-0.2, 0) is 10.9 Å². The fraction of sp³-hybridized carbons (Fsp3) is 0.571. The van der Waals surface area contributed by atoms with Crippen LogP contribution >= 0.6 is 0 Å². The van der Waals surface area contributed by atoms with Gasteiger partial charge in [-0.3, -0.25) is 4.90 Å². The maximum Gasteiger partial charge on any atom is 0.416 e. The van der Waals surface area contributed by atoms with E-state index in [-0.39, 0.29) is 11.6 Å². The number of aliphatic hydroxyl groups is 1. The van der Waals surface area contributed by atoms with E-state index in [2.05, 4.69) is 0 Å². The topological polar surface area (TPSA) is 32.7 Å². The number of hydrogen-bond acceptors (Lipinski definition) is 3. The minimum Gasteiger partial charge on any atom is -0.380 e. The summed E-state index contributed by atoms with van der Waals surface area (Å²) in [5.74, 6) is 0. The summed E-state index contributed by atoms with van der Waals surface area (Å²) in [6.45, 7) is 3.54. The molecule has 3 nitrogen and oxygen atoms in total. The second-order valence-corrected chi connectivity index (χ2v) is 4.84. The van der Waals surface area contributed by atoms with Gasteiger partial charge in [-0.15, -0.1) is 0 Å². The van der Waals surface area contributed by atoms with Crippen LogP contribution in [0.1, 0.15) is 30.7 Å². The number of ether oxygens (including phenoxy) is 1. The highest BCUT2D eigenvalue weighted by Gasteiger charge is 2.32. The van der Waals surface area contributed by atoms with Gasteiger partial charge in [0.25, 0.3) is 0 Å². The number of rotatable bonds is 4. The van der Waals surface area contributed by atoms with Crippen LogP contribution in [-0.4, -0.2) is 35.8 Å². The molecule has 2 atom stereocenters. The zero-order chi connectivity index (χ0) is 14.8. The van der Waals surface area contributed by atoms with Crippen LogP contribution in [0.2, 0.25) is 0 Å². The van der Waals surface area contributed by atoms with Crippen LogP contribution in [0.25, 0.3) is 0 Å². The number of benzene rings is 1. The minimum absolute atomic E-state index is 0.0459. The molecule has 1 aromatic carbocycles. The predicted molar refractivity (Wildman–Crippen MR) is 68.0 cm³/mol. The Morgan fingerprint density at radius 1 is 1.45 bits per heavy atom. The van der Waals surface area contributed by atoms with Crippen molar-refractivity contribution >= 4 is 0 Å². The molecule has 1 fully saturated rings. The minimum atomic E-state index is -4.40. The molecule has 0 aliphatic carbocycles. The Kier molecular flexibility index (Phi) is 4.67. The zero-order valence-corrected chi connectivity index (χ0v) is 11.2. The molecule has 2 rings (SSSR count). The Hall–Kier alpha value is -1.11. The molecule has 0 aromatic heterocycles. The first-order valence-corrected chi connectivity index (χ1v) is 6.62.